The standard InChI is InChI=1S/C16H17BrFNO/c1-10-6-16(14(11(2)19)8-15(10)18)20-9-12-4-3-5-13(17)7-12/h3-8,11H,9,19H2,1-2H3/t11-/m0/s1. The van der Waals surface area contributed by atoms with Gasteiger partial charge in [-0.3, -0.25) is 0 Å². The Morgan fingerprint density at radius 2 is 2.05 bits per heavy atom. The van der Waals surface area contributed by atoms with Crippen molar-refractivity contribution in [2.24, 2.45) is 5.73 Å². The predicted octanol–water partition coefficient (Wildman–Crippen LogP) is 4.50. The van der Waals surface area contributed by atoms with E-state index in [4.69, 9.17) is 10.5 Å². The Bertz CT molecular complexity index is 613. The lowest BCUT2D eigenvalue weighted by atomic mass is 10.1. The number of benzene rings is 2. The van der Waals surface area contributed by atoms with Gasteiger partial charge in [0.15, 0.2) is 0 Å². The molecule has 0 heterocycles. The van der Waals surface area contributed by atoms with E-state index < -0.39 is 0 Å². The van der Waals surface area contributed by atoms with Crippen molar-refractivity contribution in [3.05, 3.63) is 63.4 Å². The SMILES string of the molecule is Cc1cc(OCc2cccc(Br)c2)c([C@H](C)N)cc1F. The van der Waals surface area contributed by atoms with Crippen LogP contribution in [-0.4, -0.2) is 0 Å². The zero-order valence-electron chi connectivity index (χ0n) is 11.5. The van der Waals surface area contributed by atoms with Crippen LogP contribution in [0.1, 0.15) is 29.7 Å². The Kier molecular flexibility index (Phi) is 4.78. The molecule has 0 bridgehead atoms. The largest absolute Gasteiger partial charge is 0.489 e. The smallest absolute Gasteiger partial charge is 0.126 e. The van der Waals surface area contributed by atoms with Gasteiger partial charge in [-0.1, -0.05) is 28.1 Å². The maximum absolute atomic E-state index is 13.6. The number of ether oxygens (including phenoxy) is 1. The number of nitrogens with two attached hydrogens (primary N) is 1. The normalized spacial score (nSPS) is 12.2. The topological polar surface area (TPSA) is 35.2 Å². The Labute approximate surface area is 126 Å². The summed E-state index contributed by atoms with van der Waals surface area (Å²) in [7, 11) is 0. The molecule has 2 aromatic rings. The highest BCUT2D eigenvalue weighted by molar-refractivity contribution is 9.10. The van der Waals surface area contributed by atoms with Gasteiger partial charge in [-0.05, 0) is 49.2 Å². The molecule has 2 aromatic carbocycles. The summed E-state index contributed by atoms with van der Waals surface area (Å²) in [5.74, 6) is 0.381. The first-order chi connectivity index (χ1) is 9.47. The first-order valence-electron chi connectivity index (χ1n) is 6.40. The van der Waals surface area contributed by atoms with E-state index in [0.717, 1.165) is 10.0 Å². The van der Waals surface area contributed by atoms with Crippen molar-refractivity contribution in [2.45, 2.75) is 26.5 Å². The first kappa shape index (κ1) is 15.0. The minimum absolute atomic E-state index is 0.257. The van der Waals surface area contributed by atoms with Crippen LogP contribution < -0.4 is 10.5 Å². The van der Waals surface area contributed by atoms with Crippen molar-refractivity contribution in [2.75, 3.05) is 0 Å². The lowest BCUT2D eigenvalue weighted by molar-refractivity contribution is 0.300. The molecule has 0 aliphatic carbocycles. The van der Waals surface area contributed by atoms with Gasteiger partial charge in [-0.2, -0.15) is 0 Å². The molecule has 4 heteroatoms. The zero-order chi connectivity index (χ0) is 14.7. The van der Waals surface area contributed by atoms with Crippen molar-refractivity contribution in [1.82, 2.24) is 0 Å². The van der Waals surface area contributed by atoms with Gasteiger partial charge in [0, 0.05) is 16.1 Å². The lowest BCUT2D eigenvalue weighted by Crippen LogP contribution is -2.09. The van der Waals surface area contributed by atoms with Crippen molar-refractivity contribution in [1.29, 1.82) is 0 Å². The summed E-state index contributed by atoms with van der Waals surface area (Å²) in [5, 5.41) is 0. The van der Waals surface area contributed by atoms with E-state index in [1.807, 2.05) is 31.2 Å². The predicted molar refractivity (Wildman–Crippen MR) is 82.2 cm³/mol. The van der Waals surface area contributed by atoms with Crippen molar-refractivity contribution < 1.29 is 9.13 Å². The van der Waals surface area contributed by atoms with Crippen molar-refractivity contribution in [3.8, 4) is 5.75 Å². The summed E-state index contributed by atoms with van der Waals surface area (Å²) in [6, 6.07) is 10.8. The molecule has 1 atom stereocenters. The van der Waals surface area contributed by atoms with Gasteiger partial charge in [0.1, 0.15) is 18.2 Å². The molecule has 20 heavy (non-hydrogen) atoms. The van der Waals surface area contributed by atoms with Crippen LogP contribution in [0.2, 0.25) is 0 Å². The molecular weight excluding hydrogens is 321 g/mol. The monoisotopic (exact) mass is 337 g/mol. The van der Waals surface area contributed by atoms with Crippen molar-refractivity contribution in [3.63, 3.8) is 0 Å². The third kappa shape index (κ3) is 3.58. The van der Waals surface area contributed by atoms with Crippen LogP contribution in [0.4, 0.5) is 4.39 Å². The van der Waals surface area contributed by atoms with Gasteiger partial charge in [-0.15, -0.1) is 0 Å². The van der Waals surface area contributed by atoms with Crippen LogP contribution >= 0.6 is 15.9 Å². The van der Waals surface area contributed by atoms with E-state index in [1.165, 1.54) is 6.07 Å². The van der Waals surface area contributed by atoms with E-state index in [1.54, 1.807) is 13.0 Å². The fourth-order valence-electron chi connectivity index (χ4n) is 1.94. The third-order valence-corrected chi connectivity index (χ3v) is 3.56. The van der Waals surface area contributed by atoms with Gasteiger partial charge < -0.3 is 10.5 Å². The second-order valence-electron chi connectivity index (χ2n) is 4.85. The molecule has 0 saturated carbocycles. The number of halogens is 2. The van der Waals surface area contributed by atoms with Crippen LogP contribution in [0.3, 0.4) is 0 Å². The molecule has 0 aliphatic rings. The zero-order valence-corrected chi connectivity index (χ0v) is 13.1. The third-order valence-electron chi connectivity index (χ3n) is 3.06. The molecule has 2 nitrogen and oxygen atoms in total. The first-order valence-corrected chi connectivity index (χ1v) is 7.19. The maximum Gasteiger partial charge on any atom is 0.126 e. The van der Waals surface area contributed by atoms with E-state index in [2.05, 4.69) is 15.9 Å². The number of hydrogen-bond acceptors (Lipinski definition) is 2. The summed E-state index contributed by atoms with van der Waals surface area (Å²) < 4.78 is 20.4. The summed E-state index contributed by atoms with van der Waals surface area (Å²) >= 11 is 3.42. The fraction of sp³-hybridized carbons (Fsp3) is 0.250. The molecule has 0 fully saturated rings. The Morgan fingerprint density at radius 1 is 1.30 bits per heavy atom. The molecule has 0 aromatic heterocycles. The van der Waals surface area contributed by atoms with E-state index in [9.17, 15) is 4.39 Å². The molecular formula is C16H17BrFNO. The molecule has 106 valence electrons. The number of rotatable bonds is 4. The molecule has 0 aliphatic heterocycles. The Morgan fingerprint density at radius 3 is 2.70 bits per heavy atom. The molecule has 0 spiro atoms. The molecule has 0 radical (unpaired) electrons. The van der Waals surface area contributed by atoms with Crippen LogP contribution in [0.5, 0.6) is 5.75 Å². The van der Waals surface area contributed by atoms with Crippen LogP contribution in [0.15, 0.2) is 40.9 Å². The number of hydrogen-bond donors (Lipinski definition) is 1. The maximum atomic E-state index is 13.6. The van der Waals surface area contributed by atoms with E-state index >= 15 is 0 Å². The summed E-state index contributed by atoms with van der Waals surface area (Å²) in [4.78, 5) is 0. The van der Waals surface area contributed by atoms with Crippen LogP contribution in [0, 0.1) is 12.7 Å². The highest BCUT2D eigenvalue weighted by Gasteiger charge is 2.12. The van der Waals surface area contributed by atoms with Gasteiger partial charge in [-0.25, -0.2) is 4.39 Å². The van der Waals surface area contributed by atoms with E-state index in [-0.39, 0.29) is 11.9 Å². The quantitative estimate of drug-likeness (QED) is 0.891. The fourth-order valence-corrected chi connectivity index (χ4v) is 2.39. The molecule has 2 rings (SSSR count). The summed E-state index contributed by atoms with van der Waals surface area (Å²) in [6.45, 7) is 3.95. The highest BCUT2D eigenvalue weighted by Crippen LogP contribution is 2.28. The van der Waals surface area contributed by atoms with Crippen molar-refractivity contribution >= 4 is 15.9 Å². The summed E-state index contributed by atoms with van der Waals surface area (Å²) in [6.07, 6.45) is 0. The van der Waals surface area contributed by atoms with Crippen LogP contribution in [0.25, 0.3) is 0 Å². The highest BCUT2D eigenvalue weighted by atomic mass is 79.9. The molecule has 2 N–H and O–H groups in total. The second-order valence-corrected chi connectivity index (χ2v) is 5.76. The molecule has 0 amide bonds. The summed E-state index contributed by atoms with van der Waals surface area (Å²) in [5.41, 5.74) is 8.15. The Hall–Kier alpha value is -1.39. The second kappa shape index (κ2) is 6.37. The van der Waals surface area contributed by atoms with E-state index in [0.29, 0.717) is 23.5 Å². The van der Waals surface area contributed by atoms with Gasteiger partial charge in [0.2, 0.25) is 0 Å². The average Bonchev–Trinajstić information content (AvgIpc) is 2.39. The van der Waals surface area contributed by atoms with Gasteiger partial charge >= 0.3 is 0 Å². The molecule has 0 saturated heterocycles. The average molecular weight is 338 g/mol. The van der Waals surface area contributed by atoms with Gasteiger partial charge in [0.25, 0.3) is 0 Å². The minimum atomic E-state index is -0.275. The van der Waals surface area contributed by atoms with Gasteiger partial charge in [0.05, 0.1) is 0 Å². The molecule has 0 unspecified atom stereocenters. The minimum Gasteiger partial charge on any atom is -0.489 e. The Balaban J connectivity index is 2.22. The lowest BCUT2D eigenvalue weighted by Gasteiger charge is -2.15. The number of aryl methyl sites for hydroxylation is 1. The van der Waals surface area contributed by atoms with Crippen LogP contribution in [-0.2, 0) is 6.61 Å².